The number of benzene rings is 2. The van der Waals surface area contributed by atoms with Crippen molar-refractivity contribution in [1.82, 2.24) is 10.2 Å². The van der Waals surface area contributed by atoms with Gasteiger partial charge in [0, 0.05) is 28.1 Å². The maximum absolute atomic E-state index is 14.1. The Morgan fingerprint density at radius 1 is 1.11 bits per heavy atom. The largest absolute Gasteiger partial charge is 0.352 e. The summed E-state index contributed by atoms with van der Waals surface area (Å²) in [5.74, 6) is -0.775. The van der Waals surface area contributed by atoms with E-state index >= 15 is 0 Å². The fourth-order valence-corrected chi connectivity index (χ4v) is 3.47. The lowest BCUT2D eigenvalue weighted by Gasteiger charge is -2.29. The van der Waals surface area contributed by atoms with Crippen molar-refractivity contribution in [2.75, 3.05) is 5.75 Å². The van der Waals surface area contributed by atoms with Gasteiger partial charge in [0.25, 0.3) is 0 Å². The van der Waals surface area contributed by atoms with Crippen molar-refractivity contribution in [3.05, 3.63) is 64.9 Å². The Hall–Kier alpha value is -2.05. The van der Waals surface area contributed by atoms with E-state index in [-0.39, 0.29) is 30.2 Å². The van der Waals surface area contributed by atoms with E-state index in [1.807, 2.05) is 26.0 Å². The third-order valence-electron chi connectivity index (χ3n) is 4.07. The van der Waals surface area contributed by atoms with E-state index in [9.17, 15) is 14.0 Å². The van der Waals surface area contributed by atoms with Gasteiger partial charge in [-0.1, -0.05) is 29.8 Å². The Balaban J connectivity index is 2.15. The normalized spacial score (nSPS) is 11.9. The van der Waals surface area contributed by atoms with Crippen LogP contribution in [0.25, 0.3) is 0 Å². The molecule has 4 nitrogen and oxygen atoms in total. The van der Waals surface area contributed by atoms with Crippen LogP contribution in [-0.2, 0) is 16.1 Å². The van der Waals surface area contributed by atoms with Gasteiger partial charge in [0.05, 0.1) is 5.75 Å². The van der Waals surface area contributed by atoms with E-state index in [1.54, 1.807) is 37.3 Å². The topological polar surface area (TPSA) is 49.4 Å². The van der Waals surface area contributed by atoms with Crippen LogP contribution in [-0.4, -0.2) is 34.6 Å². The van der Waals surface area contributed by atoms with Crippen molar-refractivity contribution in [2.24, 2.45) is 0 Å². The number of hydrogen-bond donors (Lipinski definition) is 1. The number of carbonyl (C=O) groups excluding carboxylic acids is 2. The van der Waals surface area contributed by atoms with Gasteiger partial charge in [0.15, 0.2) is 0 Å². The Kier molecular flexibility index (Phi) is 8.33. The van der Waals surface area contributed by atoms with Crippen molar-refractivity contribution in [3.63, 3.8) is 0 Å². The summed E-state index contributed by atoms with van der Waals surface area (Å²) in [5, 5.41) is 3.43. The van der Waals surface area contributed by atoms with Crippen LogP contribution < -0.4 is 5.32 Å². The molecule has 2 aromatic rings. The highest BCUT2D eigenvalue weighted by atomic mass is 35.5. The van der Waals surface area contributed by atoms with Crippen molar-refractivity contribution >= 4 is 35.2 Å². The molecule has 1 atom stereocenters. The minimum absolute atomic E-state index is 0.0271. The third kappa shape index (κ3) is 6.53. The van der Waals surface area contributed by atoms with Gasteiger partial charge in [-0.3, -0.25) is 9.59 Å². The van der Waals surface area contributed by atoms with Crippen molar-refractivity contribution in [3.8, 4) is 0 Å². The maximum atomic E-state index is 14.1. The van der Waals surface area contributed by atoms with E-state index in [4.69, 9.17) is 11.6 Å². The minimum Gasteiger partial charge on any atom is -0.352 e. The number of nitrogens with zero attached hydrogens (tertiary/aromatic N) is 1. The molecule has 28 heavy (non-hydrogen) atoms. The second-order valence-electron chi connectivity index (χ2n) is 6.69. The molecule has 0 fully saturated rings. The quantitative estimate of drug-likeness (QED) is 0.636. The second kappa shape index (κ2) is 10.5. The van der Waals surface area contributed by atoms with E-state index in [1.165, 1.54) is 22.7 Å². The number of nitrogens with one attached hydrogen (secondary N) is 1. The molecule has 1 unspecified atom stereocenters. The smallest absolute Gasteiger partial charge is 0.242 e. The highest BCUT2D eigenvalue weighted by Gasteiger charge is 2.27. The molecule has 0 aliphatic carbocycles. The summed E-state index contributed by atoms with van der Waals surface area (Å²) in [6, 6.07) is 12.7. The van der Waals surface area contributed by atoms with Crippen LogP contribution in [0.5, 0.6) is 0 Å². The van der Waals surface area contributed by atoms with Gasteiger partial charge in [-0.25, -0.2) is 4.39 Å². The number of halogens is 2. The summed E-state index contributed by atoms with van der Waals surface area (Å²) in [7, 11) is 0. The van der Waals surface area contributed by atoms with E-state index in [0.717, 1.165) is 4.90 Å². The van der Waals surface area contributed by atoms with E-state index < -0.39 is 11.9 Å². The van der Waals surface area contributed by atoms with Gasteiger partial charge in [-0.2, -0.15) is 0 Å². The first kappa shape index (κ1) is 22.2. The number of hydrogen-bond acceptors (Lipinski definition) is 3. The van der Waals surface area contributed by atoms with Crippen molar-refractivity contribution in [2.45, 2.75) is 44.3 Å². The fourth-order valence-electron chi connectivity index (χ4n) is 2.56. The molecule has 150 valence electrons. The first-order valence-electron chi connectivity index (χ1n) is 8.99. The molecule has 0 aliphatic heterocycles. The summed E-state index contributed by atoms with van der Waals surface area (Å²) in [6.45, 7) is 5.39. The molecule has 0 bridgehead atoms. The molecule has 0 saturated heterocycles. The predicted octanol–water partition coefficient (Wildman–Crippen LogP) is 4.51. The molecule has 0 aromatic heterocycles. The molecule has 7 heteroatoms. The van der Waals surface area contributed by atoms with E-state index in [0.29, 0.717) is 10.6 Å². The lowest BCUT2D eigenvalue weighted by atomic mass is 10.1. The lowest BCUT2D eigenvalue weighted by Crippen LogP contribution is -2.49. The standard InChI is InChI=1S/C21H24ClFN2O2S/c1-14(2)24-21(27)15(3)25(12-16-6-4-5-7-19(16)23)20(26)13-28-18-10-8-17(22)9-11-18/h4-11,14-15H,12-13H2,1-3H3,(H,24,27). The molecule has 2 aromatic carbocycles. The van der Waals surface area contributed by atoms with Crippen molar-refractivity contribution in [1.29, 1.82) is 0 Å². The Bertz CT molecular complexity index is 814. The predicted molar refractivity (Wildman–Crippen MR) is 112 cm³/mol. The van der Waals surface area contributed by atoms with Crippen LogP contribution in [0, 0.1) is 5.82 Å². The summed E-state index contributed by atoms with van der Waals surface area (Å²) in [6.07, 6.45) is 0. The van der Waals surface area contributed by atoms with Crippen LogP contribution in [0.4, 0.5) is 4.39 Å². The third-order valence-corrected chi connectivity index (χ3v) is 5.32. The maximum Gasteiger partial charge on any atom is 0.242 e. The number of carbonyl (C=O) groups is 2. The van der Waals surface area contributed by atoms with E-state index in [2.05, 4.69) is 5.32 Å². The zero-order valence-electron chi connectivity index (χ0n) is 16.1. The summed E-state index contributed by atoms with van der Waals surface area (Å²) >= 11 is 7.23. The average Bonchev–Trinajstić information content (AvgIpc) is 2.65. The molecule has 1 N–H and O–H groups in total. The Morgan fingerprint density at radius 3 is 2.36 bits per heavy atom. The Morgan fingerprint density at radius 2 is 1.75 bits per heavy atom. The zero-order chi connectivity index (χ0) is 20.7. The molecular formula is C21H24ClFN2O2S. The van der Waals surface area contributed by atoms with Crippen molar-refractivity contribution < 1.29 is 14.0 Å². The van der Waals surface area contributed by atoms with Gasteiger partial charge in [0.1, 0.15) is 11.9 Å². The van der Waals surface area contributed by atoms with Crippen LogP contribution in [0.3, 0.4) is 0 Å². The van der Waals surface area contributed by atoms with Crippen LogP contribution in [0.2, 0.25) is 5.02 Å². The van der Waals surface area contributed by atoms with Crippen LogP contribution in [0.1, 0.15) is 26.3 Å². The number of rotatable bonds is 8. The van der Waals surface area contributed by atoms with Gasteiger partial charge in [-0.05, 0) is 51.1 Å². The SMILES string of the molecule is CC(C)NC(=O)C(C)N(Cc1ccccc1F)C(=O)CSc1ccc(Cl)cc1. The lowest BCUT2D eigenvalue weighted by molar-refractivity contribution is -0.138. The monoisotopic (exact) mass is 422 g/mol. The molecule has 0 heterocycles. The molecular weight excluding hydrogens is 399 g/mol. The first-order chi connectivity index (χ1) is 13.3. The average molecular weight is 423 g/mol. The van der Waals surface area contributed by atoms with Gasteiger partial charge < -0.3 is 10.2 Å². The number of thioether (sulfide) groups is 1. The first-order valence-corrected chi connectivity index (χ1v) is 10.4. The minimum atomic E-state index is -0.722. The molecule has 2 rings (SSSR count). The fraction of sp³-hybridized carbons (Fsp3) is 0.333. The second-order valence-corrected chi connectivity index (χ2v) is 8.18. The zero-order valence-corrected chi connectivity index (χ0v) is 17.7. The Labute approximate surface area is 174 Å². The molecule has 2 amide bonds. The highest BCUT2D eigenvalue weighted by Crippen LogP contribution is 2.22. The molecule has 0 radical (unpaired) electrons. The molecule has 0 saturated carbocycles. The molecule has 0 spiro atoms. The summed E-state index contributed by atoms with van der Waals surface area (Å²) in [4.78, 5) is 27.7. The van der Waals surface area contributed by atoms with Crippen LogP contribution >= 0.6 is 23.4 Å². The van der Waals surface area contributed by atoms with Gasteiger partial charge in [-0.15, -0.1) is 11.8 Å². The highest BCUT2D eigenvalue weighted by molar-refractivity contribution is 8.00. The van der Waals surface area contributed by atoms with Gasteiger partial charge >= 0.3 is 0 Å². The molecule has 0 aliphatic rings. The summed E-state index contributed by atoms with van der Waals surface area (Å²) in [5.41, 5.74) is 0.372. The summed E-state index contributed by atoms with van der Waals surface area (Å²) < 4.78 is 14.1. The van der Waals surface area contributed by atoms with Gasteiger partial charge in [0.2, 0.25) is 11.8 Å². The number of amides is 2. The van der Waals surface area contributed by atoms with Crippen LogP contribution in [0.15, 0.2) is 53.4 Å².